The predicted octanol–water partition coefficient (Wildman–Crippen LogP) is 2.56. The molecule has 0 spiro atoms. The van der Waals surface area contributed by atoms with E-state index in [1.54, 1.807) is 7.11 Å². The summed E-state index contributed by atoms with van der Waals surface area (Å²) in [6.07, 6.45) is 1.88. The highest BCUT2D eigenvalue weighted by Gasteiger charge is 2.07. The number of hydrogen-bond donors (Lipinski definition) is 2. The van der Waals surface area contributed by atoms with E-state index < -0.39 is 0 Å². The number of nitrogens with zero attached hydrogens (tertiary/aromatic N) is 6. The van der Waals surface area contributed by atoms with E-state index in [0.717, 1.165) is 68.0 Å². The number of methoxy groups -OCH3 is 1. The average molecular weight is 540 g/mol. The largest absolute Gasteiger partial charge is 0.385 e. The number of nitrogens with one attached hydrogen (secondary N) is 2. The molecule has 0 fully saturated rings. The van der Waals surface area contributed by atoms with E-state index >= 15 is 0 Å². The van der Waals surface area contributed by atoms with Gasteiger partial charge in [-0.2, -0.15) is 0 Å². The molecular weight excluding hydrogens is 507 g/mol. The van der Waals surface area contributed by atoms with Gasteiger partial charge in [-0.3, -0.25) is 0 Å². The topological polar surface area (TPSA) is 94.2 Å². The van der Waals surface area contributed by atoms with Gasteiger partial charge in [0.15, 0.2) is 11.8 Å². The molecule has 0 aliphatic carbocycles. The minimum absolute atomic E-state index is 0. The molecule has 0 aliphatic rings. The normalized spacial score (nSPS) is 11.5. The number of guanidine groups is 1. The Morgan fingerprint density at radius 1 is 1.06 bits per heavy atom. The van der Waals surface area contributed by atoms with Crippen molar-refractivity contribution in [3.05, 3.63) is 41.7 Å². The van der Waals surface area contributed by atoms with Crippen LogP contribution in [0.2, 0.25) is 0 Å². The Kier molecular flexibility index (Phi) is 10.2. The summed E-state index contributed by atoms with van der Waals surface area (Å²) in [5.41, 5.74) is 2.23. The molecule has 2 aromatic heterocycles. The van der Waals surface area contributed by atoms with Crippen LogP contribution in [0.3, 0.4) is 0 Å². The number of aromatic nitrogens is 5. The fourth-order valence-corrected chi connectivity index (χ4v) is 3.26. The average Bonchev–Trinajstić information content (AvgIpc) is 3.24. The van der Waals surface area contributed by atoms with E-state index in [-0.39, 0.29) is 24.0 Å². The Morgan fingerprint density at radius 2 is 1.81 bits per heavy atom. The molecule has 2 N–H and O–H groups in total. The van der Waals surface area contributed by atoms with Gasteiger partial charge in [0.25, 0.3) is 0 Å². The second-order valence-electron chi connectivity index (χ2n) is 7.24. The molecule has 0 saturated heterocycles. The lowest BCUT2D eigenvalue weighted by Gasteiger charge is -2.13. The van der Waals surface area contributed by atoms with E-state index in [0.29, 0.717) is 6.54 Å². The molecule has 10 heteroatoms. The van der Waals surface area contributed by atoms with E-state index in [4.69, 9.17) is 4.74 Å². The second-order valence-corrected chi connectivity index (χ2v) is 7.24. The molecule has 0 unspecified atom stereocenters. The summed E-state index contributed by atoms with van der Waals surface area (Å²) in [4.78, 5) is 9.32. The number of imidazole rings is 1. The zero-order chi connectivity index (χ0) is 21.3. The molecule has 170 valence electrons. The molecule has 3 aromatic rings. The first kappa shape index (κ1) is 25.1. The monoisotopic (exact) mass is 540 g/mol. The van der Waals surface area contributed by atoms with Gasteiger partial charge in [0.1, 0.15) is 18.2 Å². The van der Waals surface area contributed by atoms with E-state index in [9.17, 15) is 0 Å². The van der Waals surface area contributed by atoms with Gasteiger partial charge in [0, 0.05) is 40.4 Å². The highest BCUT2D eigenvalue weighted by molar-refractivity contribution is 14.0. The van der Waals surface area contributed by atoms with Gasteiger partial charge in [0.05, 0.1) is 11.0 Å². The van der Waals surface area contributed by atoms with Crippen molar-refractivity contribution < 1.29 is 4.74 Å². The van der Waals surface area contributed by atoms with Crippen LogP contribution in [0, 0.1) is 13.8 Å². The smallest absolute Gasteiger partial charge is 0.191 e. The lowest BCUT2D eigenvalue weighted by Crippen LogP contribution is -2.39. The highest BCUT2D eigenvalue weighted by Crippen LogP contribution is 2.15. The molecular formula is C21H33IN8O. The van der Waals surface area contributed by atoms with Gasteiger partial charge in [0.2, 0.25) is 0 Å². The molecule has 0 radical (unpaired) electrons. The molecule has 2 heterocycles. The molecule has 31 heavy (non-hydrogen) atoms. The van der Waals surface area contributed by atoms with E-state index in [1.807, 2.05) is 24.6 Å². The molecule has 9 nitrogen and oxygen atoms in total. The number of hydrogen-bond acceptors (Lipinski definition) is 5. The third kappa shape index (κ3) is 6.89. The maximum absolute atomic E-state index is 5.13. The van der Waals surface area contributed by atoms with Crippen molar-refractivity contribution in [1.29, 1.82) is 0 Å². The zero-order valence-electron chi connectivity index (χ0n) is 18.8. The van der Waals surface area contributed by atoms with Crippen molar-refractivity contribution in [1.82, 2.24) is 34.9 Å². The fourth-order valence-electron chi connectivity index (χ4n) is 3.26. The van der Waals surface area contributed by atoms with Crippen LogP contribution in [-0.4, -0.2) is 57.1 Å². The molecule has 0 amide bonds. The van der Waals surface area contributed by atoms with E-state index in [1.165, 1.54) is 5.52 Å². The number of aliphatic imine (C=N–C) groups is 1. The number of benzene rings is 1. The third-order valence-electron chi connectivity index (χ3n) is 5.08. The Bertz CT molecular complexity index is 981. The minimum Gasteiger partial charge on any atom is -0.385 e. The van der Waals surface area contributed by atoms with Crippen LogP contribution in [0.4, 0.5) is 0 Å². The van der Waals surface area contributed by atoms with Crippen LogP contribution >= 0.6 is 24.0 Å². The number of rotatable bonds is 10. The maximum atomic E-state index is 5.13. The van der Waals surface area contributed by atoms with Crippen molar-refractivity contribution >= 4 is 41.0 Å². The lowest BCUT2D eigenvalue weighted by molar-refractivity contribution is 0.195. The number of ether oxygens (including phenoxy) is 1. The quantitative estimate of drug-likeness (QED) is 0.178. The minimum atomic E-state index is 0. The molecule has 0 atom stereocenters. The Labute approximate surface area is 200 Å². The molecule has 0 aliphatic heterocycles. The molecule has 0 bridgehead atoms. The summed E-state index contributed by atoms with van der Waals surface area (Å²) < 4.78 is 9.35. The third-order valence-corrected chi connectivity index (χ3v) is 5.08. The lowest BCUT2D eigenvalue weighted by atomic mass is 10.3. The van der Waals surface area contributed by atoms with Gasteiger partial charge >= 0.3 is 0 Å². The summed E-state index contributed by atoms with van der Waals surface area (Å²) in [7, 11) is 3.67. The van der Waals surface area contributed by atoms with Gasteiger partial charge in [-0.1, -0.05) is 12.1 Å². The van der Waals surface area contributed by atoms with Gasteiger partial charge in [-0.15, -0.1) is 34.2 Å². The van der Waals surface area contributed by atoms with Gasteiger partial charge in [-0.25, -0.2) is 9.98 Å². The first-order valence-electron chi connectivity index (χ1n) is 10.4. The fraction of sp³-hybridized carbons (Fsp3) is 0.524. The number of fused-ring (bicyclic) bond motifs is 1. The first-order valence-corrected chi connectivity index (χ1v) is 10.4. The van der Waals surface area contributed by atoms with Crippen LogP contribution in [0.25, 0.3) is 11.0 Å². The standard InChI is InChI=1S/C21H32N8O.HI/c1-16-25-18-9-5-6-10-19(18)29(16)13-7-11-22-21(23-12-8-14-30-4)24-15-20-27-26-17(2)28(20)3;/h5-6,9-10H,7-8,11-15H2,1-4H3,(H2,22,23,24);1H. The summed E-state index contributed by atoms with van der Waals surface area (Å²) >= 11 is 0. The van der Waals surface area contributed by atoms with Crippen molar-refractivity contribution in [3.8, 4) is 0 Å². The van der Waals surface area contributed by atoms with Gasteiger partial charge in [-0.05, 0) is 38.8 Å². The number of para-hydroxylation sites is 2. The van der Waals surface area contributed by atoms with Crippen LogP contribution in [0.1, 0.15) is 30.3 Å². The van der Waals surface area contributed by atoms with Crippen molar-refractivity contribution in [2.75, 3.05) is 26.8 Å². The Hall–Kier alpha value is -2.21. The van der Waals surface area contributed by atoms with E-state index in [2.05, 4.69) is 60.5 Å². The Balaban J connectivity index is 0.00000341. The Morgan fingerprint density at radius 3 is 2.52 bits per heavy atom. The van der Waals surface area contributed by atoms with Crippen molar-refractivity contribution in [2.24, 2.45) is 12.0 Å². The zero-order valence-corrected chi connectivity index (χ0v) is 21.1. The second kappa shape index (κ2) is 12.6. The summed E-state index contributed by atoms with van der Waals surface area (Å²) in [5, 5.41) is 15.1. The maximum Gasteiger partial charge on any atom is 0.191 e. The number of aryl methyl sites for hydroxylation is 3. The summed E-state index contributed by atoms with van der Waals surface area (Å²) in [5.74, 6) is 3.54. The summed E-state index contributed by atoms with van der Waals surface area (Å²) in [6.45, 7) is 7.68. The van der Waals surface area contributed by atoms with Crippen LogP contribution < -0.4 is 10.6 Å². The summed E-state index contributed by atoms with van der Waals surface area (Å²) in [6, 6.07) is 8.26. The molecule has 1 aromatic carbocycles. The predicted molar refractivity (Wildman–Crippen MR) is 134 cm³/mol. The van der Waals surface area contributed by atoms with Crippen LogP contribution in [0.15, 0.2) is 29.3 Å². The van der Waals surface area contributed by atoms with Crippen LogP contribution in [0.5, 0.6) is 0 Å². The first-order chi connectivity index (χ1) is 14.6. The van der Waals surface area contributed by atoms with Gasteiger partial charge < -0.3 is 24.5 Å². The SMILES string of the molecule is COCCCNC(=NCc1nnc(C)n1C)NCCCn1c(C)nc2ccccc21.I. The number of halogens is 1. The molecule has 0 saturated carbocycles. The molecule has 3 rings (SSSR count). The van der Waals surface area contributed by atoms with Crippen molar-refractivity contribution in [3.63, 3.8) is 0 Å². The van der Waals surface area contributed by atoms with Crippen LogP contribution in [-0.2, 0) is 24.9 Å². The highest BCUT2D eigenvalue weighted by atomic mass is 127. The van der Waals surface area contributed by atoms with Crippen molar-refractivity contribution in [2.45, 2.75) is 39.8 Å².